The van der Waals surface area contributed by atoms with Crippen molar-refractivity contribution >= 4 is 19.4 Å². The molecule has 0 saturated carbocycles. The second kappa shape index (κ2) is 5.35. The van der Waals surface area contributed by atoms with E-state index in [1.807, 2.05) is 0 Å². The molecule has 0 atom stereocenters. The number of hydrogen-bond acceptors (Lipinski definition) is 2. The van der Waals surface area contributed by atoms with Gasteiger partial charge in [0.05, 0.1) is 0 Å². The molecule has 4 heteroatoms. The highest BCUT2D eigenvalue weighted by molar-refractivity contribution is 6.31. The Labute approximate surface area is 43.1 Å². The first kappa shape index (κ1) is 6.35. The summed E-state index contributed by atoms with van der Waals surface area (Å²) in [5, 5.41) is 2.90. The predicted molar refractivity (Wildman–Crippen MR) is 33.0 cm³/mol. The summed E-state index contributed by atoms with van der Waals surface area (Å²) < 4.78 is 4.93. The smallest absolute Gasteiger partial charge is 0.186 e. The van der Waals surface area contributed by atoms with Gasteiger partial charge in [0, 0.05) is 0 Å². The lowest BCUT2D eigenvalue weighted by atomic mass is 11.9. The van der Waals surface area contributed by atoms with Crippen molar-refractivity contribution in [3.05, 3.63) is 0 Å². The zero-order chi connectivity index (χ0) is 4.83. The van der Waals surface area contributed by atoms with Crippen LogP contribution in [0.15, 0.2) is 0 Å². The summed E-state index contributed by atoms with van der Waals surface area (Å²) in [6, 6.07) is 0. The minimum absolute atomic E-state index is 0.0345. The molecule has 0 unspecified atom stereocenters. The van der Waals surface area contributed by atoms with Gasteiger partial charge >= 0.3 is 0 Å². The van der Waals surface area contributed by atoms with Gasteiger partial charge in [-0.3, -0.25) is 0 Å². The van der Waals surface area contributed by atoms with Crippen LogP contribution in [0, 0.1) is 0 Å². The van der Waals surface area contributed by atoms with Gasteiger partial charge in [-0.1, -0.05) is 6.55 Å². The van der Waals surface area contributed by atoms with Crippen molar-refractivity contribution in [1.82, 2.24) is 5.15 Å². The zero-order valence-electron chi connectivity index (χ0n) is 4.32. The second-order valence-corrected chi connectivity index (χ2v) is 2.79. The molecule has 0 saturated heterocycles. The van der Waals surface area contributed by atoms with Crippen LogP contribution in [-0.2, 0) is 4.53 Å². The van der Waals surface area contributed by atoms with Crippen LogP contribution in [0.1, 0.15) is 0 Å². The molecule has 2 nitrogen and oxygen atoms in total. The molecular formula is C2H11NOSi2. The Hall–Kier alpha value is 0.354. The molecule has 0 aromatic carbocycles. The summed E-state index contributed by atoms with van der Waals surface area (Å²) in [4.78, 5) is 0. The molecule has 0 aliphatic carbocycles. The first-order valence-corrected chi connectivity index (χ1v) is 6.37. The topological polar surface area (TPSA) is 21.3 Å². The number of hydrogen-bond donors (Lipinski definition) is 1. The third-order valence-corrected chi connectivity index (χ3v) is 1.78. The van der Waals surface area contributed by atoms with Crippen LogP contribution in [0.25, 0.3) is 0 Å². The van der Waals surface area contributed by atoms with E-state index >= 15 is 0 Å². The Morgan fingerprint density at radius 3 is 2.33 bits per heavy atom. The molecule has 0 bridgehead atoms. The molecule has 6 heavy (non-hydrogen) atoms. The Morgan fingerprint density at radius 2 is 2.17 bits per heavy atom. The van der Waals surface area contributed by atoms with Crippen LogP contribution in [-0.4, -0.2) is 19.4 Å². The molecule has 38 valence electrons. The molecule has 0 radical (unpaired) electrons. The molecule has 0 amide bonds. The summed E-state index contributed by atoms with van der Waals surface area (Å²) in [7, 11) is -0.208. The van der Waals surface area contributed by atoms with Crippen LogP contribution in [0.4, 0.5) is 0 Å². The van der Waals surface area contributed by atoms with E-state index in [1.54, 1.807) is 0 Å². The first-order chi connectivity index (χ1) is 2.91. The average Bonchev–Trinajstić information content (AvgIpc) is 1.61. The van der Waals surface area contributed by atoms with Crippen LogP contribution in [0.3, 0.4) is 0 Å². The summed E-state index contributed by atoms with van der Waals surface area (Å²) in [6.07, 6.45) is 0. The van der Waals surface area contributed by atoms with Crippen molar-refractivity contribution in [2.75, 3.05) is 0 Å². The molecule has 0 heterocycles. The van der Waals surface area contributed by atoms with Crippen LogP contribution in [0.5, 0.6) is 0 Å². The predicted octanol–water partition coefficient (Wildman–Crippen LogP) is -1.23. The van der Waals surface area contributed by atoms with Crippen molar-refractivity contribution in [3.63, 3.8) is 0 Å². The molecule has 0 aromatic heterocycles. The van der Waals surface area contributed by atoms with E-state index in [0.29, 0.717) is 0 Å². The second-order valence-electron chi connectivity index (χ2n) is 0.931. The van der Waals surface area contributed by atoms with E-state index in [4.69, 9.17) is 4.53 Å². The summed E-state index contributed by atoms with van der Waals surface area (Å²) in [5.74, 6) is 0. The summed E-state index contributed by atoms with van der Waals surface area (Å²) in [6.45, 7) is 4.27. The van der Waals surface area contributed by atoms with E-state index in [0.717, 1.165) is 0 Å². The van der Waals surface area contributed by atoms with Gasteiger partial charge in [-0.15, -0.1) is 0 Å². The highest BCUT2D eigenvalue weighted by Gasteiger charge is 1.71. The van der Waals surface area contributed by atoms with Crippen molar-refractivity contribution in [1.29, 1.82) is 0 Å². The molecule has 0 aliphatic rings. The Balaban J connectivity index is 2.34. The van der Waals surface area contributed by atoms with Gasteiger partial charge < -0.3 is 4.53 Å². The lowest BCUT2D eigenvalue weighted by Gasteiger charge is -1.94. The Kier molecular flexibility index (Phi) is 5.67. The van der Waals surface area contributed by atoms with Gasteiger partial charge in [0.1, 0.15) is 9.68 Å². The van der Waals surface area contributed by atoms with Crippen LogP contribution >= 0.6 is 0 Å². The number of nitrogens with one attached hydrogen (secondary N) is 1. The molecule has 0 aromatic rings. The third kappa shape index (κ3) is 4.35. The maximum atomic E-state index is 4.93. The van der Waals surface area contributed by atoms with Gasteiger partial charge in [0.25, 0.3) is 0 Å². The van der Waals surface area contributed by atoms with E-state index in [-0.39, 0.29) is 19.4 Å². The SMILES string of the molecule is C[SiH2]NO[SiH2]C. The van der Waals surface area contributed by atoms with Crippen molar-refractivity contribution in [2.45, 2.75) is 13.1 Å². The van der Waals surface area contributed by atoms with Gasteiger partial charge in [-0.05, 0) is 6.55 Å². The quantitative estimate of drug-likeness (QED) is 0.287. The molecule has 1 N–H and O–H groups in total. The Bertz CT molecular complexity index is 23.5. The van der Waals surface area contributed by atoms with Crippen molar-refractivity contribution in [2.24, 2.45) is 0 Å². The third-order valence-electron chi connectivity index (χ3n) is 0.391. The van der Waals surface area contributed by atoms with Gasteiger partial charge in [-0.2, -0.15) is 0 Å². The maximum Gasteiger partial charge on any atom is 0.186 e. The van der Waals surface area contributed by atoms with E-state index < -0.39 is 0 Å². The van der Waals surface area contributed by atoms with Gasteiger partial charge in [0.15, 0.2) is 9.76 Å². The fourth-order valence-electron chi connectivity index (χ4n) is 0.204. The minimum atomic E-state index is -0.173. The molecule has 0 fully saturated rings. The van der Waals surface area contributed by atoms with Crippen LogP contribution < -0.4 is 5.15 Å². The monoisotopic (exact) mass is 121 g/mol. The lowest BCUT2D eigenvalue weighted by molar-refractivity contribution is 0.293. The molecule has 0 rings (SSSR count). The maximum absolute atomic E-state index is 4.93. The average molecular weight is 121 g/mol. The standard InChI is InChI=1S/C2H11NOSi2/c1-5-3-4-6-2/h3H,5-6H2,1-2H3. The Morgan fingerprint density at radius 1 is 1.50 bits per heavy atom. The van der Waals surface area contributed by atoms with Gasteiger partial charge in [-0.25, -0.2) is 5.15 Å². The fraction of sp³-hybridized carbons (Fsp3) is 1.00. The zero-order valence-corrected chi connectivity index (χ0v) is 7.15. The van der Waals surface area contributed by atoms with Gasteiger partial charge in [0.2, 0.25) is 0 Å². The fourth-order valence-corrected chi connectivity index (χ4v) is 1.84. The highest BCUT2D eigenvalue weighted by Crippen LogP contribution is 1.53. The number of rotatable bonds is 3. The first-order valence-electron chi connectivity index (χ1n) is 2.26. The highest BCUT2D eigenvalue weighted by atomic mass is 28.2. The van der Waals surface area contributed by atoms with Crippen molar-refractivity contribution in [3.8, 4) is 0 Å². The van der Waals surface area contributed by atoms with Crippen LogP contribution in [0.2, 0.25) is 13.1 Å². The van der Waals surface area contributed by atoms with E-state index in [1.165, 1.54) is 0 Å². The van der Waals surface area contributed by atoms with Crippen molar-refractivity contribution < 1.29 is 4.53 Å². The molecule has 0 spiro atoms. The van der Waals surface area contributed by atoms with E-state index in [9.17, 15) is 0 Å². The summed E-state index contributed by atoms with van der Waals surface area (Å²) >= 11 is 0. The molecular weight excluding hydrogens is 110 g/mol. The van der Waals surface area contributed by atoms with E-state index in [2.05, 4.69) is 18.2 Å². The molecule has 0 aliphatic heterocycles. The summed E-state index contributed by atoms with van der Waals surface area (Å²) in [5.41, 5.74) is 0. The largest absolute Gasteiger partial charge is 0.361 e. The minimum Gasteiger partial charge on any atom is -0.361 e. The normalized spacial score (nSPS) is 13.0. The lowest BCUT2D eigenvalue weighted by Crippen LogP contribution is -2.17.